The molecule has 0 aromatic carbocycles. The highest BCUT2D eigenvalue weighted by atomic mass is 16.2. The molecule has 2 heterocycles. The van der Waals surface area contributed by atoms with Crippen molar-refractivity contribution >= 4 is 11.7 Å². The molecule has 0 saturated heterocycles. The molecule has 1 aliphatic rings. The highest BCUT2D eigenvalue weighted by Crippen LogP contribution is 2.18. The Kier molecular flexibility index (Phi) is 2.30. The second-order valence-corrected chi connectivity index (χ2v) is 4.61. The number of nitrogens with zero attached hydrogens (tertiary/aromatic N) is 2. The molecule has 0 unspecified atom stereocenters. The van der Waals surface area contributed by atoms with E-state index in [4.69, 9.17) is 0 Å². The van der Waals surface area contributed by atoms with Gasteiger partial charge in [-0.15, -0.1) is 0 Å². The normalized spacial score (nSPS) is 18.2. The van der Waals surface area contributed by atoms with Crippen LogP contribution in [-0.2, 0) is 4.79 Å². The van der Waals surface area contributed by atoms with Crippen LogP contribution < -0.4 is 5.32 Å². The van der Waals surface area contributed by atoms with Gasteiger partial charge in [-0.2, -0.15) is 0 Å². The van der Waals surface area contributed by atoms with E-state index in [9.17, 15) is 4.79 Å². The van der Waals surface area contributed by atoms with Crippen molar-refractivity contribution in [1.82, 2.24) is 10.3 Å². The summed E-state index contributed by atoms with van der Waals surface area (Å²) in [6.45, 7) is 7.46. The molecule has 4 nitrogen and oxygen atoms in total. The summed E-state index contributed by atoms with van der Waals surface area (Å²) in [6, 6.07) is 3.85. The Morgan fingerprint density at radius 1 is 1.19 bits per heavy atom. The predicted molar refractivity (Wildman–Crippen MR) is 62.5 cm³/mol. The molecule has 2 rings (SSSR count). The number of aryl methyl sites for hydroxylation is 2. The lowest BCUT2D eigenvalue weighted by molar-refractivity contribution is -0.122. The fourth-order valence-corrected chi connectivity index (χ4v) is 1.73. The molecule has 0 spiro atoms. The van der Waals surface area contributed by atoms with Gasteiger partial charge in [-0.05, 0) is 39.8 Å². The summed E-state index contributed by atoms with van der Waals surface area (Å²) in [5.74, 6) is 0.582. The van der Waals surface area contributed by atoms with E-state index in [-0.39, 0.29) is 5.91 Å². The van der Waals surface area contributed by atoms with E-state index < -0.39 is 5.54 Å². The maximum atomic E-state index is 11.6. The molecule has 1 amide bonds. The highest BCUT2D eigenvalue weighted by molar-refractivity contribution is 6.15. The Balaban J connectivity index is 2.44. The minimum absolute atomic E-state index is 0.0605. The van der Waals surface area contributed by atoms with Crippen molar-refractivity contribution in [1.29, 1.82) is 0 Å². The first-order valence-corrected chi connectivity index (χ1v) is 5.25. The molecule has 1 aromatic rings. The molecule has 84 valence electrons. The average molecular weight is 217 g/mol. The summed E-state index contributed by atoms with van der Waals surface area (Å²) in [5, 5.41) is 2.80. The van der Waals surface area contributed by atoms with Crippen LogP contribution in [0.3, 0.4) is 0 Å². The van der Waals surface area contributed by atoms with E-state index in [0.29, 0.717) is 5.84 Å². The molecular formula is C12H15N3O. The van der Waals surface area contributed by atoms with Crippen molar-refractivity contribution < 1.29 is 4.79 Å². The summed E-state index contributed by atoms with van der Waals surface area (Å²) >= 11 is 0. The SMILES string of the molecule is Cc1cc(C2=NC(C)(C)C(=O)N2)cc(C)n1. The van der Waals surface area contributed by atoms with Crippen molar-refractivity contribution in [3.63, 3.8) is 0 Å². The summed E-state index contributed by atoms with van der Waals surface area (Å²) in [4.78, 5) is 20.3. The van der Waals surface area contributed by atoms with Crippen LogP contribution >= 0.6 is 0 Å². The number of rotatable bonds is 1. The number of hydrogen-bond acceptors (Lipinski definition) is 3. The van der Waals surface area contributed by atoms with Crippen LogP contribution in [0, 0.1) is 13.8 Å². The zero-order valence-corrected chi connectivity index (χ0v) is 9.96. The summed E-state index contributed by atoms with van der Waals surface area (Å²) < 4.78 is 0. The van der Waals surface area contributed by atoms with Gasteiger partial charge < -0.3 is 5.32 Å². The first-order chi connectivity index (χ1) is 7.38. The third-order valence-corrected chi connectivity index (χ3v) is 2.53. The Morgan fingerprint density at radius 2 is 1.75 bits per heavy atom. The number of amides is 1. The van der Waals surface area contributed by atoms with E-state index >= 15 is 0 Å². The number of aliphatic imine (C=N–C) groups is 1. The molecule has 0 fully saturated rings. The zero-order valence-electron chi connectivity index (χ0n) is 9.96. The number of carbonyl (C=O) groups is 1. The highest BCUT2D eigenvalue weighted by Gasteiger charge is 2.34. The topological polar surface area (TPSA) is 54.4 Å². The molecule has 1 N–H and O–H groups in total. The first kappa shape index (κ1) is 10.8. The summed E-state index contributed by atoms with van der Waals surface area (Å²) in [5.41, 5.74) is 2.11. The van der Waals surface area contributed by atoms with Crippen LogP contribution in [0.4, 0.5) is 0 Å². The lowest BCUT2D eigenvalue weighted by atomic mass is 10.1. The van der Waals surface area contributed by atoms with Gasteiger partial charge in [0.25, 0.3) is 5.91 Å². The Morgan fingerprint density at radius 3 is 2.19 bits per heavy atom. The Hall–Kier alpha value is -1.71. The molecule has 0 aliphatic carbocycles. The van der Waals surface area contributed by atoms with Crippen molar-refractivity contribution in [2.75, 3.05) is 0 Å². The molecular weight excluding hydrogens is 202 g/mol. The lowest BCUT2D eigenvalue weighted by Gasteiger charge is -2.07. The van der Waals surface area contributed by atoms with Crippen LogP contribution in [0.2, 0.25) is 0 Å². The van der Waals surface area contributed by atoms with Gasteiger partial charge in [0.1, 0.15) is 11.4 Å². The van der Waals surface area contributed by atoms with Crippen LogP contribution in [0.1, 0.15) is 30.8 Å². The predicted octanol–water partition coefficient (Wildman–Crippen LogP) is 1.35. The molecule has 1 aliphatic heterocycles. The van der Waals surface area contributed by atoms with Crippen LogP contribution in [-0.4, -0.2) is 22.3 Å². The second-order valence-electron chi connectivity index (χ2n) is 4.61. The van der Waals surface area contributed by atoms with Crippen LogP contribution in [0.5, 0.6) is 0 Å². The smallest absolute Gasteiger partial charge is 0.252 e. The minimum atomic E-state index is -0.666. The molecule has 0 bridgehead atoms. The molecule has 0 radical (unpaired) electrons. The van der Waals surface area contributed by atoms with Gasteiger partial charge in [-0.1, -0.05) is 0 Å². The monoisotopic (exact) mass is 217 g/mol. The van der Waals surface area contributed by atoms with Gasteiger partial charge in [0.2, 0.25) is 0 Å². The zero-order chi connectivity index (χ0) is 11.9. The van der Waals surface area contributed by atoms with Gasteiger partial charge in [-0.25, -0.2) is 0 Å². The number of hydrogen-bond donors (Lipinski definition) is 1. The lowest BCUT2D eigenvalue weighted by Crippen LogP contribution is -2.34. The fraction of sp³-hybridized carbons (Fsp3) is 0.417. The van der Waals surface area contributed by atoms with E-state index in [2.05, 4.69) is 15.3 Å². The van der Waals surface area contributed by atoms with Gasteiger partial charge in [0, 0.05) is 17.0 Å². The Bertz CT molecular complexity index is 469. The van der Waals surface area contributed by atoms with Gasteiger partial charge in [0.05, 0.1) is 0 Å². The molecule has 0 saturated carbocycles. The van der Waals surface area contributed by atoms with E-state index in [1.165, 1.54) is 0 Å². The second kappa shape index (κ2) is 3.40. The molecule has 4 heteroatoms. The molecule has 0 atom stereocenters. The first-order valence-electron chi connectivity index (χ1n) is 5.25. The number of carbonyl (C=O) groups excluding carboxylic acids is 1. The number of aromatic nitrogens is 1. The van der Waals surface area contributed by atoms with Crippen molar-refractivity contribution in [2.24, 2.45) is 4.99 Å². The number of nitrogens with one attached hydrogen (secondary N) is 1. The quantitative estimate of drug-likeness (QED) is 0.772. The Labute approximate surface area is 94.8 Å². The van der Waals surface area contributed by atoms with Gasteiger partial charge in [-0.3, -0.25) is 14.8 Å². The van der Waals surface area contributed by atoms with Gasteiger partial charge >= 0.3 is 0 Å². The van der Waals surface area contributed by atoms with E-state index in [1.807, 2.05) is 26.0 Å². The van der Waals surface area contributed by atoms with Gasteiger partial charge in [0.15, 0.2) is 0 Å². The maximum Gasteiger partial charge on any atom is 0.252 e. The van der Waals surface area contributed by atoms with E-state index in [0.717, 1.165) is 17.0 Å². The standard InChI is InChI=1S/C12H15N3O/c1-7-5-9(6-8(2)13-7)10-14-11(16)12(3,4)15-10/h5-6H,1-4H3,(H,14,15,16). The third kappa shape index (κ3) is 1.83. The minimum Gasteiger partial charge on any atom is -0.308 e. The van der Waals surface area contributed by atoms with Crippen LogP contribution in [0.25, 0.3) is 0 Å². The molecule has 1 aromatic heterocycles. The van der Waals surface area contributed by atoms with Crippen LogP contribution in [0.15, 0.2) is 17.1 Å². The number of amidine groups is 1. The average Bonchev–Trinajstić information content (AvgIpc) is 2.40. The third-order valence-electron chi connectivity index (χ3n) is 2.53. The van der Waals surface area contributed by atoms with E-state index in [1.54, 1.807) is 13.8 Å². The van der Waals surface area contributed by atoms with Crippen molar-refractivity contribution in [2.45, 2.75) is 33.2 Å². The summed E-state index contributed by atoms with van der Waals surface area (Å²) in [6.07, 6.45) is 0. The summed E-state index contributed by atoms with van der Waals surface area (Å²) in [7, 11) is 0. The number of pyridine rings is 1. The molecule has 16 heavy (non-hydrogen) atoms. The van der Waals surface area contributed by atoms with Crippen molar-refractivity contribution in [3.05, 3.63) is 29.1 Å². The fourth-order valence-electron chi connectivity index (χ4n) is 1.73. The maximum absolute atomic E-state index is 11.6. The largest absolute Gasteiger partial charge is 0.308 e. The van der Waals surface area contributed by atoms with Crippen molar-refractivity contribution in [3.8, 4) is 0 Å².